The number of halogens is 2. The van der Waals surface area contributed by atoms with Crippen LogP contribution in [-0.4, -0.2) is 25.1 Å². The first-order chi connectivity index (χ1) is 8.52. The van der Waals surface area contributed by atoms with Crippen LogP contribution in [0, 0.1) is 0 Å². The van der Waals surface area contributed by atoms with Gasteiger partial charge in [0.05, 0.1) is 6.42 Å². The molecule has 0 bridgehead atoms. The van der Waals surface area contributed by atoms with Gasteiger partial charge < -0.3 is 15.8 Å². The zero-order chi connectivity index (χ0) is 13.5. The lowest BCUT2D eigenvalue weighted by molar-refractivity contribution is -0.121. The van der Waals surface area contributed by atoms with Gasteiger partial charge in [-0.3, -0.25) is 4.79 Å². The molecule has 6 heteroatoms. The molecule has 1 rings (SSSR count). The van der Waals surface area contributed by atoms with Crippen molar-refractivity contribution in [1.82, 2.24) is 5.32 Å². The fraction of sp³-hybridized carbons (Fsp3) is 0.417. The predicted molar refractivity (Wildman–Crippen MR) is 63.4 cm³/mol. The summed E-state index contributed by atoms with van der Waals surface area (Å²) in [6.45, 7) is -0.822. The minimum Gasteiger partial charge on any atom is -0.435 e. The number of rotatable bonds is 6. The summed E-state index contributed by atoms with van der Waals surface area (Å²) < 4.78 is 28.7. The Bertz CT molecular complexity index is 399. The second-order valence-electron chi connectivity index (χ2n) is 3.87. The summed E-state index contributed by atoms with van der Waals surface area (Å²) in [5.41, 5.74) is 5.79. The summed E-state index contributed by atoms with van der Waals surface area (Å²) in [5, 5.41) is 2.65. The van der Waals surface area contributed by atoms with Crippen molar-refractivity contribution >= 4 is 5.91 Å². The number of amides is 1. The smallest absolute Gasteiger partial charge is 0.387 e. The number of para-hydroxylation sites is 1. The Balaban J connectivity index is 2.68. The Morgan fingerprint density at radius 1 is 1.44 bits per heavy atom. The van der Waals surface area contributed by atoms with Gasteiger partial charge in [0.15, 0.2) is 0 Å². The van der Waals surface area contributed by atoms with Gasteiger partial charge in [-0.15, -0.1) is 0 Å². The Morgan fingerprint density at radius 2 is 2.11 bits per heavy atom. The maximum atomic E-state index is 12.2. The average Bonchev–Trinajstić information content (AvgIpc) is 2.30. The van der Waals surface area contributed by atoms with E-state index in [9.17, 15) is 13.6 Å². The highest BCUT2D eigenvalue weighted by atomic mass is 19.3. The van der Waals surface area contributed by atoms with Gasteiger partial charge in [-0.1, -0.05) is 18.2 Å². The summed E-state index contributed by atoms with van der Waals surface area (Å²) in [4.78, 5) is 11.6. The van der Waals surface area contributed by atoms with E-state index in [1.54, 1.807) is 25.1 Å². The molecule has 0 aliphatic heterocycles. The van der Waals surface area contributed by atoms with E-state index in [1.807, 2.05) is 0 Å². The molecular formula is C12H16F2N2O2. The molecule has 4 nitrogen and oxygen atoms in total. The van der Waals surface area contributed by atoms with Crippen LogP contribution >= 0.6 is 0 Å². The van der Waals surface area contributed by atoms with Crippen molar-refractivity contribution in [2.75, 3.05) is 6.54 Å². The number of nitrogens with two attached hydrogens (primary N) is 1. The first kappa shape index (κ1) is 14.4. The normalized spacial score (nSPS) is 12.3. The molecule has 1 atom stereocenters. The molecule has 0 spiro atoms. The van der Waals surface area contributed by atoms with E-state index in [1.165, 1.54) is 6.07 Å². The first-order valence-corrected chi connectivity index (χ1v) is 5.55. The number of hydrogen-bond donors (Lipinski definition) is 2. The lowest BCUT2D eigenvalue weighted by atomic mass is 10.1. The monoisotopic (exact) mass is 258 g/mol. The molecule has 18 heavy (non-hydrogen) atoms. The predicted octanol–water partition coefficient (Wildman–Crippen LogP) is 1.29. The molecule has 0 unspecified atom stereocenters. The van der Waals surface area contributed by atoms with Crippen molar-refractivity contribution in [2.45, 2.75) is 26.0 Å². The topological polar surface area (TPSA) is 64.3 Å². The maximum Gasteiger partial charge on any atom is 0.387 e. The number of benzene rings is 1. The lowest BCUT2D eigenvalue weighted by Gasteiger charge is -2.13. The number of ether oxygens (including phenoxy) is 1. The summed E-state index contributed by atoms with van der Waals surface area (Å²) in [6, 6.07) is 6.06. The summed E-state index contributed by atoms with van der Waals surface area (Å²) in [5.74, 6) is -0.263. The van der Waals surface area contributed by atoms with Gasteiger partial charge in [0, 0.05) is 18.2 Å². The molecule has 0 fully saturated rings. The van der Waals surface area contributed by atoms with Crippen molar-refractivity contribution in [1.29, 1.82) is 0 Å². The molecule has 1 aromatic rings. The lowest BCUT2D eigenvalue weighted by Crippen LogP contribution is -2.38. The SMILES string of the molecule is C[C@@H](CN)NC(=O)Cc1ccccc1OC(F)F. The van der Waals surface area contributed by atoms with E-state index in [0.29, 0.717) is 12.1 Å². The molecule has 0 aliphatic rings. The van der Waals surface area contributed by atoms with Gasteiger partial charge >= 0.3 is 6.61 Å². The van der Waals surface area contributed by atoms with Gasteiger partial charge in [0.2, 0.25) is 5.91 Å². The van der Waals surface area contributed by atoms with Crippen LogP contribution in [0.2, 0.25) is 0 Å². The molecule has 0 saturated carbocycles. The molecule has 0 aromatic heterocycles. The molecule has 0 saturated heterocycles. The standard InChI is InChI=1S/C12H16F2N2O2/c1-8(7-15)16-11(17)6-9-4-2-3-5-10(9)18-12(13)14/h2-5,8,12H,6-7,15H2,1H3,(H,16,17)/t8-/m0/s1. The number of alkyl halides is 2. The number of hydrogen-bond acceptors (Lipinski definition) is 3. The van der Waals surface area contributed by atoms with Crippen LogP contribution < -0.4 is 15.8 Å². The van der Waals surface area contributed by atoms with Crippen LogP contribution in [0.4, 0.5) is 8.78 Å². The second-order valence-corrected chi connectivity index (χ2v) is 3.87. The fourth-order valence-electron chi connectivity index (χ4n) is 1.42. The van der Waals surface area contributed by atoms with Crippen molar-refractivity contribution < 1.29 is 18.3 Å². The van der Waals surface area contributed by atoms with E-state index < -0.39 is 6.61 Å². The van der Waals surface area contributed by atoms with Gasteiger partial charge in [-0.2, -0.15) is 8.78 Å². The molecule has 0 heterocycles. The minimum absolute atomic E-state index is 0.0167. The highest BCUT2D eigenvalue weighted by molar-refractivity contribution is 5.79. The molecule has 100 valence electrons. The largest absolute Gasteiger partial charge is 0.435 e. The van der Waals surface area contributed by atoms with Crippen molar-refractivity contribution in [2.24, 2.45) is 5.73 Å². The van der Waals surface area contributed by atoms with Crippen LogP contribution in [0.25, 0.3) is 0 Å². The Morgan fingerprint density at radius 3 is 2.72 bits per heavy atom. The third-order valence-corrected chi connectivity index (χ3v) is 2.30. The van der Waals surface area contributed by atoms with Crippen LogP contribution in [0.1, 0.15) is 12.5 Å². The van der Waals surface area contributed by atoms with Gasteiger partial charge in [-0.25, -0.2) is 0 Å². The minimum atomic E-state index is -2.91. The summed E-state index contributed by atoms with van der Waals surface area (Å²) in [6.07, 6.45) is -0.0206. The van der Waals surface area contributed by atoms with Crippen LogP contribution in [0.5, 0.6) is 5.75 Å². The maximum absolute atomic E-state index is 12.2. The van der Waals surface area contributed by atoms with E-state index in [0.717, 1.165) is 0 Å². The highest BCUT2D eigenvalue weighted by Gasteiger charge is 2.13. The Labute approximate surface area is 104 Å². The van der Waals surface area contributed by atoms with Gasteiger partial charge in [-0.05, 0) is 13.0 Å². The summed E-state index contributed by atoms with van der Waals surface area (Å²) >= 11 is 0. The molecule has 0 radical (unpaired) electrons. The number of carbonyl (C=O) groups excluding carboxylic acids is 1. The fourth-order valence-corrected chi connectivity index (χ4v) is 1.42. The van der Waals surface area contributed by atoms with Crippen LogP contribution in [0.3, 0.4) is 0 Å². The molecule has 3 N–H and O–H groups in total. The second kappa shape index (κ2) is 6.90. The Kier molecular flexibility index (Phi) is 5.51. The van der Waals surface area contributed by atoms with E-state index in [-0.39, 0.29) is 24.1 Å². The molecule has 1 aromatic carbocycles. The summed E-state index contributed by atoms with van der Waals surface area (Å²) in [7, 11) is 0. The Hall–Kier alpha value is -1.69. The van der Waals surface area contributed by atoms with Crippen LogP contribution in [-0.2, 0) is 11.2 Å². The average molecular weight is 258 g/mol. The van der Waals surface area contributed by atoms with E-state index in [2.05, 4.69) is 10.1 Å². The van der Waals surface area contributed by atoms with Gasteiger partial charge in [0.25, 0.3) is 0 Å². The number of carbonyl (C=O) groups is 1. The van der Waals surface area contributed by atoms with Crippen molar-refractivity contribution in [3.63, 3.8) is 0 Å². The van der Waals surface area contributed by atoms with Crippen molar-refractivity contribution in [3.05, 3.63) is 29.8 Å². The highest BCUT2D eigenvalue weighted by Crippen LogP contribution is 2.20. The van der Waals surface area contributed by atoms with E-state index >= 15 is 0 Å². The quantitative estimate of drug-likeness (QED) is 0.808. The van der Waals surface area contributed by atoms with Gasteiger partial charge in [0.1, 0.15) is 5.75 Å². The van der Waals surface area contributed by atoms with E-state index in [4.69, 9.17) is 5.73 Å². The zero-order valence-electron chi connectivity index (χ0n) is 10.0. The molecule has 1 amide bonds. The van der Waals surface area contributed by atoms with Crippen LogP contribution in [0.15, 0.2) is 24.3 Å². The first-order valence-electron chi connectivity index (χ1n) is 5.55. The number of nitrogens with one attached hydrogen (secondary N) is 1. The third kappa shape index (κ3) is 4.67. The third-order valence-electron chi connectivity index (χ3n) is 2.30. The molecule has 0 aliphatic carbocycles. The molecular weight excluding hydrogens is 242 g/mol. The zero-order valence-corrected chi connectivity index (χ0v) is 10.0. The van der Waals surface area contributed by atoms with Crippen molar-refractivity contribution in [3.8, 4) is 5.75 Å².